The number of benzene rings is 1. The lowest BCUT2D eigenvalue weighted by molar-refractivity contribution is -0.140. The number of thioether (sulfide) groups is 1. The number of carbonyl (C=O) groups is 2. The standard InChI is InChI=1S/C16H21N3O5S/c1-3-24-13(21)6-9(2)19-14(15(22)23)10-4-5-12(20)11(7-10)8-25-16(17)18/h4-7,14,19-20H,3,8H2,1-2H3,(H3,17,18)(H,22,23). The molecule has 8 nitrogen and oxygen atoms in total. The second-order valence-electron chi connectivity index (χ2n) is 5.04. The highest BCUT2D eigenvalue weighted by atomic mass is 32.2. The Kier molecular flexibility index (Phi) is 7.80. The van der Waals surface area contributed by atoms with Crippen LogP contribution in [0.4, 0.5) is 0 Å². The van der Waals surface area contributed by atoms with Crippen molar-refractivity contribution in [3.63, 3.8) is 0 Å². The first kappa shape index (κ1) is 20.4. The Hall–Kier alpha value is -2.68. The van der Waals surface area contributed by atoms with E-state index in [0.29, 0.717) is 16.8 Å². The Morgan fingerprint density at radius 1 is 1.48 bits per heavy atom. The van der Waals surface area contributed by atoms with Crippen LogP contribution in [-0.4, -0.2) is 33.9 Å². The first-order valence-electron chi connectivity index (χ1n) is 7.37. The summed E-state index contributed by atoms with van der Waals surface area (Å²) in [7, 11) is 0. The fourth-order valence-electron chi connectivity index (χ4n) is 1.97. The molecule has 0 aromatic heterocycles. The van der Waals surface area contributed by atoms with Crippen LogP contribution in [0.3, 0.4) is 0 Å². The average Bonchev–Trinajstić information content (AvgIpc) is 2.51. The minimum Gasteiger partial charge on any atom is -0.508 e. The van der Waals surface area contributed by atoms with Gasteiger partial charge in [0.15, 0.2) is 5.17 Å². The minimum absolute atomic E-state index is 0.0135. The molecule has 136 valence electrons. The molecule has 25 heavy (non-hydrogen) atoms. The first-order valence-corrected chi connectivity index (χ1v) is 8.36. The second-order valence-corrected chi connectivity index (χ2v) is 6.05. The molecule has 0 aliphatic heterocycles. The summed E-state index contributed by atoms with van der Waals surface area (Å²) in [6.07, 6.45) is 1.17. The number of ether oxygens (including phenoxy) is 1. The van der Waals surface area contributed by atoms with Gasteiger partial charge >= 0.3 is 11.9 Å². The largest absolute Gasteiger partial charge is 0.508 e. The van der Waals surface area contributed by atoms with Gasteiger partial charge in [0.25, 0.3) is 0 Å². The van der Waals surface area contributed by atoms with E-state index in [4.69, 9.17) is 15.9 Å². The Morgan fingerprint density at radius 3 is 2.72 bits per heavy atom. The summed E-state index contributed by atoms with van der Waals surface area (Å²) in [6.45, 7) is 3.45. The van der Waals surface area contributed by atoms with Crippen molar-refractivity contribution in [2.75, 3.05) is 6.61 Å². The molecule has 0 heterocycles. The topological polar surface area (TPSA) is 146 Å². The lowest BCUT2D eigenvalue weighted by atomic mass is 10.0. The van der Waals surface area contributed by atoms with Crippen molar-refractivity contribution in [2.45, 2.75) is 25.6 Å². The zero-order chi connectivity index (χ0) is 19.0. The Balaban J connectivity index is 3.02. The molecule has 0 aliphatic carbocycles. The van der Waals surface area contributed by atoms with E-state index >= 15 is 0 Å². The van der Waals surface area contributed by atoms with Crippen molar-refractivity contribution in [1.29, 1.82) is 5.41 Å². The van der Waals surface area contributed by atoms with E-state index in [0.717, 1.165) is 11.8 Å². The molecule has 6 N–H and O–H groups in total. The number of allylic oxidation sites excluding steroid dienone is 1. The number of amidine groups is 1. The molecule has 0 saturated heterocycles. The molecule has 0 radical (unpaired) electrons. The molecule has 0 saturated carbocycles. The lowest BCUT2D eigenvalue weighted by Crippen LogP contribution is -2.27. The van der Waals surface area contributed by atoms with Gasteiger partial charge in [0.1, 0.15) is 11.8 Å². The summed E-state index contributed by atoms with van der Waals surface area (Å²) in [5.74, 6) is -1.49. The number of phenolic OH excluding ortho intramolecular Hbond substituents is 1. The number of nitrogens with one attached hydrogen (secondary N) is 2. The number of hydrogen-bond acceptors (Lipinski definition) is 7. The second kappa shape index (κ2) is 9.58. The molecular formula is C16H21N3O5S. The number of aliphatic carboxylic acids is 1. The van der Waals surface area contributed by atoms with E-state index in [9.17, 15) is 19.8 Å². The highest BCUT2D eigenvalue weighted by Gasteiger charge is 2.21. The van der Waals surface area contributed by atoms with Gasteiger partial charge in [-0.3, -0.25) is 5.41 Å². The van der Waals surface area contributed by atoms with Crippen LogP contribution >= 0.6 is 11.8 Å². The van der Waals surface area contributed by atoms with Crippen molar-refractivity contribution >= 4 is 28.9 Å². The fraction of sp³-hybridized carbons (Fsp3) is 0.312. The van der Waals surface area contributed by atoms with E-state index < -0.39 is 18.0 Å². The first-order chi connectivity index (χ1) is 11.7. The Bertz CT molecular complexity index is 690. The smallest absolute Gasteiger partial charge is 0.332 e. The SMILES string of the molecule is CCOC(=O)C=C(C)NC(C(=O)O)c1ccc(O)c(CSC(=N)N)c1. The van der Waals surface area contributed by atoms with Crippen molar-refractivity contribution < 1.29 is 24.5 Å². The summed E-state index contributed by atoms with van der Waals surface area (Å²) in [5, 5.41) is 29.2. The van der Waals surface area contributed by atoms with E-state index in [1.54, 1.807) is 13.8 Å². The van der Waals surface area contributed by atoms with Crippen molar-refractivity contribution in [3.8, 4) is 5.75 Å². The van der Waals surface area contributed by atoms with Crippen LogP contribution < -0.4 is 11.1 Å². The number of carbonyl (C=O) groups excluding carboxylic acids is 1. The minimum atomic E-state index is -1.15. The van der Waals surface area contributed by atoms with Gasteiger partial charge in [0.05, 0.1) is 6.61 Å². The van der Waals surface area contributed by atoms with E-state index in [2.05, 4.69) is 5.32 Å². The highest BCUT2D eigenvalue weighted by Crippen LogP contribution is 2.26. The molecule has 0 fully saturated rings. The lowest BCUT2D eigenvalue weighted by Gasteiger charge is -2.18. The molecule has 1 rings (SSSR count). The summed E-state index contributed by atoms with van der Waals surface area (Å²) < 4.78 is 4.78. The maximum absolute atomic E-state index is 11.6. The quantitative estimate of drug-likeness (QED) is 0.202. The molecule has 0 spiro atoms. The van der Waals surface area contributed by atoms with Crippen LogP contribution in [0.5, 0.6) is 5.75 Å². The van der Waals surface area contributed by atoms with Gasteiger partial charge in [-0.1, -0.05) is 17.8 Å². The third kappa shape index (κ3) is 6.76. The maximum Gasteiger partial charge on any atom is 0.332 e. The van der Waals surface area contributed by atoms with Crippen molar-refractivity contribution in [1.82, 2.24) is 5.32 Å². The number of rotatable bonds is 8. The highest BCUT2D eigenvalue weighted by molar-refractivity contribution is 8.13. The predicted molar refractivity (Wildman–Crippen MR) is 95.2 cm³/mol. The molecule has 1 atom stereocenters. The summed E-state index contributed by atoms with van der Waals surface area (Å²) in [6, 6.07) is 3.26. The zero-order valence-corrected chi connectivity index (χ0v) is 14.7. The third-order valence-corrected chi connectivity index (χ3v) is 3.83. The molecule has 0 bridgehead atoms. The number of hydrogen-bond donors (Lipinski definition) is 5. The van der Waals surface area contributed by atoms with Crippen molar-refractivity contribution in [3.05, 3.63) is 41.1 Å². The Labute approximate surface area is 149 Å². The van der Waals surface area contributed by atoms with E-state index in [1.165, 1.54) is 24.3 Å². The maximum atomic E-state index is 11.6. The summed E-state index contributed by atoms with van der Waals surface area (Å²) >= 11 is 1.02. The van der Waals surface area contributed by atoms with Crippen LogP contribution in [0.25, 0.3) is 0 Å². The number of aromatic hydroxyl groups is 1. The zero-order valence-electron chi connectivity index (χ0n) is 13.9. The molecule has 0 amide bonds. The molecular weight excluding hydrogens is 346 g/mol. The van der Waals surface area contributed by atoms with Crippen LogP contribution in [0.15, 0.2) is 30.0 Å². The van der Waals surface area contributed by atoms with Crippen LogP contribution in [-0.2, 0) is 20.1 Å². The van der Waals surface area contributed by atoms with Crippen LogP contribution in [0.1, 0.15) is 31.0 Å². The van der Waals surface area contributed by atoms with Crippen molar-refractivity contribution in [2.24, 2.45) is 5.73 Å². The van der Waals surface area contributed by atoms with Gasteiger partial charge in [-0.15, -0.1) is 0 Å². The molecule has 9 heteroatoms. The third-order valence-electron chi connectivity index (χ3n) is 3.06. The Morgan fingerprint density at radius 2 is 2.16 bits per heavy atom. The molecule has 1 aromatic carbocycles. The summed E-state index contributed by atoms with van der Waals surface area (Å²) in [4.78, 5) is 23.0. The number of carboxylic acid groups (broad SMARTS) is 1. The summed E-state index contributed by atoms with van der Waals surface area (Å²) in [5.41, 5.74) is 6.46. The van der Waals surface area contributed by atoms with Crippen LogP contribution in [0, 0.1) is 5.41 Å². The van der Waals surface area contributed by atoms with Gasteiger partial charge in [-0.05, 0) is 31.5 Å². The van der Waals surface area contributed by atoms with Gasteiger partial charge in [-0.2, -0.15) is 0 Å². The fourth-order valence-corrected chi connectivity index (χ4v) is 2.52. The number of nitrogens with two attached hydrogens (primary N) is 1. The number of phenols is 1. The predicted octanol–water partition coefficient (Wildman–Crippen LogP) is 1.70. The van der Waals surface area contributed by atoms with Gasteiger partial charge in [0.2, 0.25) is 0 Å². The van der Waals surface area contributed by atoms with Crippen LogP contribution in [0.2, 0.25) is 0 Å². The van der Waals surface area contributed by atoms with Gasteiger partial charge < -0.3 is 26.0 Å². The number of esters is 1. The molecule has 0 aliphatic rings. The number of carboxylic acids is 1. The van der Waals surface area contributed by atoms with E-state index in [-0.39, 0.29) is 23.3 Å². The molecule has 1 aromatic rings. The van der Waals surface area contributed by atoms with E-state index in [1.807, 2.05) is 0 Å². The van der Waals surface area contributed by atoms with Gasteiger partial charge in [-0.25, -0.2) is 9.59 Å². The normalized spacial score (nSPS) is 12.3. The van der Waals surface area contributed by atoms with Gasteiger partial charge in [0, 0.05) is 23.1 Å². The average molecular weight is 367 g/mol. The molecule has 1 unspecified atom stereocenters. The monoisotopic (exact) mass is 367 g/mol.